The molecule has 1 N–H and O–H groups in total. The molecule has 0 unspecified atom stereocenters. The Hall–Kier alpha value is -2.27. The number of hydrogen-bond acceptors (Lipinski definition) is 4. The summed E-state index contributed by atoms with van der Waals surface area (Å²) in [5, 5.41) is 3.08. The number of rotatable bonds is 3. The van der Waals surface area contributed by atoms with Gasteiger partial charge in [0.1, 0.15) is 5.82 Å². The van der Waals surface area contributed by atoms with E-state index in [9.17, 15) is 0 Å². The predicted molar refractivity (Wildman–Crippen MR) is 87.9 cm³/mol. The molecule has 104 valence electrons. The van der Waals surface area contributed by atoms with Crippen molar-refractivity contribution in [2.75, 3.05) is 12.4 Å². The van der Waals surface area contributed by atoms with Gasteiger partial charge in [0.05, 0.1) is 5.69 Å². The van der Waals surface area contributed by atoms with Crippen molar-refractivity contribution in [1.29, 1.82) is 0 Å². The van der Waals surface area contributed by atoms with E-state index in [0.29, 0.717) is 5.82 Å². The first-order chi connectivity index (χ1) is 10.3. The minimum atomic E-state index is 0.648. The Kier molecular flexibility index (Phi) is 3.92. The van der Waals surface area contributed by atoms with Gasteiger partial charge < -0.3 is 5.32 Å². The van der Waals surface area contributed by atoms with E-state index in [-0.39, 0.29) is 0 Å². The number of benzene rings is 1. The van der Waals surface area contributed by atoms with Crippen molar-refractivity contribution in [3.8, 4) is 22.6 Å². The lowest BCUT2D eigenvalue weighted by Gasteiger charge is -2.08. The smallest absolute Gasteiger partial charge is 0.163 e. The largest absolute Gasteiger partial charge is 0.373 e. The molecule has 0 spiro atoms. The summed E-state index contributed by atoms with van der Waals surface area (Å²) in [6.07, 6.45) is 3.50. The zero-order valence-corrected chi connectivity index (χ0v) is 13.0. The molecule has 0 amide bonds. The summed E-state index contributed by atoms with van der Waals surface area (Å²) in [7, 11) is 1.85. The number of anilines is 1. The fourth-order valence-corrected chi connectivity index (χ4v) is 2.36. The van der Waals surface area contributed by atoms with Gasteiger partial charge in [-0.05, 0) is 22.0 Å². The molecular weight excluding hydrogens is 328 g/mol. The molecular formula is C16H13BrN4. The number of halogens is 1. The highest BCUT2D eigenvalue weighted by atomic mass is 79.9. The van der Waals surface area contributed by atoms with E-state index in [2.05, 4.69) is 36.2 Å². The number of nitrogens with zero attached hydrogens (tertiary/aromatic N) is 3. The third-order valence-electron chi connectivity index (χ3n) is 3.01. The van der Waals surface area contributed by atoms with Crippen molar-refractivity contribution in [3.63, 3.8) is 0 Å². The molecule has 4 nitrogen and oxygen atoms in total. The highest BCUT2D eigenvalue weighted by Crippen LogP contribution is 2.25. The quantitative estimate of drug-likeness (QED) is 0.782. The zero-order valence-electron chi connectivity index (χ0n) is 11.4. The highest BCUT2D eigenvalue weighted by molar-refractivity contribution is 9.10. The molecule has 0 saturated carbocycles. The van der Waals surface area contributed by atoms with Gasteiger partial charge in [-0.15, -0.1) is 0 Å². The van der Waals surface area contributed by atoms with Gasteiger partial charge >= 0.3 is 0 Å². The standard InChI is InChI=1S/C16H13BrN4/c1-18-15-8-14(11-5-3-2-4-6-11)20-16(21-15)12-7-13(17)10-19-9-12/h2-10H,1H3,(H,18,20,21). The molecule has 0 aliphatic rings. The lowest BCUT2D eigenvalue weighted by Crippen LogP contribution is -1.99. The number of pyridine rings is 1. The van der Waals surface area contributed by atoms with Gasteiger partial charge in [-0.2, -0.15) is 0 Å². The predicted octanol–water partition coefficient (Wildman–Crippen LogP) is 4.01. The van der Waals surface area contributed by atoms with Gasteiger partial charge in [-0.25, -0.2) is 9.97 Å². The number of aromatic nitrogens is 3. The molecule has 0 atom stereocenters. The normalized spacial score (nSPS) is 10.4. The fraction of sp³-hybridized carbons (Fsp3) is 0.0625. The van der Waals surface area contributed by atoms with Crippen LogP contribution < -0.4 is 5.32 Å². The first kappa shape index (κ1) is 13.7. The Morgan fingerprint density at radius 2 is 1.76 bits per heavy atom. The monoisotopic (exact) mass is 340 g/mol. The minimum absolute atomic E-state index is 0.648. The maximum atomic E-state index is 4.65. The Morgan fingerprint density at radius 1 is 0.952 bits per heavy atom. The summed E-state index contributed by atoms with van der Waals surface area (Å²) in [4.78, 5) is 13.3. The molecule has 0 radical (unpaired) electrons. The van der Waals surface area contributed by atoms with Crippen LogP contribution in [0.3, 0.4) is 0 Å². The molecule has 0 aliphatic carbocycles. The summed E-state index contributed by atoms with van der Waals surface area (Å²) in [6, 6.07) is 13.9. The molecule has 2 heterocycles. The van der Waals surface area contributed by atoms with Crippen LogP contribution in [0.25, 0.3) is 22.6 Å². The topological polar surface area (TPSA) is 50.7 Å². The van der Waals surface area contributed by atoms with Gasteiger partial charge in [0.25, 0.3) is 0 Å². The Bertz CT molecular complexity index is 759. The third-order valence-corrected chi connectivity index (χ3v) is 3.45. The SMILES string of the molecule is CNc1cc(-c2ccccc2)nc(-c2cncc(Br)c2)n1. The second-order valence-corrected chi connectivity index (χ2v) is 5.39. The molecule has 3 rings (SSSR count). The van der Waals surface area contributed by atoms with Crippen LogP contribution in [0.1, 0.15) is 0 Å². The van der Waals surface area contributed by atoms with Crippen LogP contribution in [0.5, 0.6) is 0 Å². The summed E-state index contributed by atoms with van der Waals surface area (Å²) >= 11 is 3.42. The van der Waals surface area contributed by atoms with E-state index in [4.69, 9.17) is 0 Å². The van der Waals surface area contributed by atoms with Gasteiger partial charge in [-0.3, -0.25) is 4.98 Å². The molecule has 0 aliphatic heterocycles. The Labute approximate surface area is 131 Å². The molecule has 5 heteroatoms. The number of nitrogens with one attached hydrogen (secondary N) is 1. The van der Waals surface area contributed by atoms with Crippen LogP contribution in [0.2, 0.25) is 0 Å². The molecule has 3 aromatic rings. The van der Waals surface area contributed by atoms with Crippen LogP contribution in [0.15, 0.2) is 59.3 Å². The van der Waals surface area contributed by atoms with E-state index in [1.807, 2.05) is 49.5 Å². The first-order valence-corrected chi connectivity index (χ1v) is 7.29. The van der Waals surface area contributed by atoms with Crippen molar-refractivity contribution in [2.24, 2.45) is 0 Å². The van der Waals surface area contributed by atoms with Crippen LogP contribution >= 0.6 is 15.9 Å². The van der Waals surface area contributed by atoms with Crippen LogP contribution in [0.4, 0.5) is 5.82 Å². The van der Waals surface area contributed by atoms with Crippen molar-refractivity contribution in [1.82, 2.24) is 15.0 Å². The van der Waals surface area contributed by atoms with Crippen molar-refractivity contribution < 1.29 is 0 Å². The third kappa shape index (κ3) is 3.08. The minimum Gasteiger partial charge on any atom is -0.373 e. The van der Waals surface area contributed by atoms with Crippen molar-refractivity contribution in [3.05, 3.63) is 59.3 Å². The average Bonchev–Trinajstić information content (AvgIpc) is 2.55. The summed E-state index contributed by atoms with van der Waals surface area (Å²) in [5.41, 5.74) is 2.81. The molecule has 2 aromatic heterocycles. The molecule has 0 fully saturated rings. The Morgan fingerprint density at radius 3 is 2.48 bits per heavy atom. The zero-order chi connectivity index (χ0) is 14.7. The van der Waals surface area contributed by atoms with E-state index in [0.717, 1.165) is 27.1 Å². The number of hydrogen-bond donors (Lipinski definition) is 1. The van der Waals surface area contributed by atoms with Crippen LogP contribution in [0, 0.1) is 0 Å². The van der Waals surface area contributed by atoms with Gasteiger partial charge in [0.15, 0.2) is 5.82 Å². The van der Waals surface area contributed by atoms with E-state index in [1.165, 1.54) is 0 Å². The van der Waals surface area contributed by atoms with Gasteiger partial charge in [0, 0.05) is 41.1 Å². The second kappa shape index (κ2) is 6.01. The maximum absolute atomic E-state index is 4.65. The van der Waals surface area contributed by atoms with E-state index >= 15 is 0 Å². The molecule has 21 heavy (non-hydrogen) atoms. The van der Waals surface area contributed by atoms with E-state index in [1.54, 1.807) is 12.4 Å². The van der Waals surface area contributed by atoms with Crippen LogP contribution in [-0.4, -0.2) is 22.0 Å². The molecule has 0 saturated heterocycles. The van der Waals surface area contributed by atoms with Crippen molar-refractivity contribution >= 4 is 21.7 Å². The maximum Gasteiger partial charge on any atom is 0.163 e. The van der Waals surface area contributed by atoms with Crippen LogP contribution in [-0.2, 0) is 0 Å². The summed E-state index contributed by atoms with van der Waals surface area (Å²) < 4.78 is 0.903. The first-order valence-electron chi connectivity index (χ1n) is 6.49. The summed E-state index contributed by atoms with van der Waals surface area (Å²) in [6.45, 7) is 0. The molecule has 0 bridgehead atoms. The molecule has 1 aromatic carbocycles. The average molecular weight is 341 g/mol. The summed E-state index contributed by atoms with van der Waals surface area (Å²) in [5.74, 6) is 1.42. The highest BCUT2D eigenvalue weighted by Gasteiger charge is 2.08. The van der Waals surface area contributed by atoms with Crippen molar-refractivity contribution in [2.45, 2.75) is 0 Å². The fourth-order valence-electron chi connectivity index (χ4n) is 2.00. The van der Waals surface area contributed by atoms with E-state index < -0.39 is 0 Å². The lowest BCUT2D eigenvalue weighted by atomic mass is 10.1. The Balaban J connectivity index is 2.14. The van der Waals surface area contributed by atoms with Gasteiger partial charge in [0.2, 0.25) is 0 Å². The lowest BCUT2D eigenvalue weighted by molar-refractivity contribution is 1.16. The second-order valence-electron chi connectivity index (χ2n) is 4.47. The van der Waals surface area contributed by atoms with Gasteiger partial charge in [-0.1, -0.05) is 30.3 Å².